The lowest BCUT2D eigenvalue weighted by atomic mass is 9.86. The van der Waals surface area contributed by atoms with E-state index in [4.69, 9.17) is 20.8 Å². The van der Waals surface area contributed by atoms with Crippen LogP contribution in [-0.4, -0.2) is 17.0 Å². The molecule has 6 nitrogen and oxygen atoms in total. The summed E-state index contributed by atoms with van der Waals surface area (Å²) >= 11 is 7.40. The predicted molar refractivity (Wildman–Crippen MR) is 155 cm³/mol. The van der Waals surface area contributed by atoms with Crippen LogP contribution < -0.4 is 15.5 Å². The van der Waals surface area contributed by atoms with Gasteiger partial charge in [0.2, 0.25) is 11.2 Å². The Morgan fingerprint density at radius 3 is 2.55 bits per heavy atom. The number of ether oxygens (including phenoxy) is 1. The molecule has 5 aromatic rings. The number of anilines is 1. The van der Waals surface area contributed by atoms with Gasteiger partial charge < -0.3 is 9.15 Å². The molecule has 2 heterocycles. The van der Waals surface area contributed by atoms with Gasteiger partial charge in [-0.05, 0) is 47.7 Å². The molecule has 0 bridgehead atoms. The Morgan fingerprint density at radius 1 is 1.11 bits per heavy atom. The lowest BCUT2D eigenvalue weighted by molar-refractivity contribution is -0.122. The summed E-state index contributed by atoms with van der Waals surface area (Å²) in [5, 5.41) is 4.24. The van der Waals surface area contributed by atoms with E-state index in [0.717, 1.165) is 15.8 Å². The van der Waals surface area contributed by atoms with Crippen molar-refractivity contribution in [2.24, 2.45) is 0 Å². The van der Waals surface area contributed by atoms with Gasteiger partial charge in [-0.1, -0.05) is 87.0 Å². The molecule has 1 N–H and O–H groups in total. The SMILES string of the molecule is CCC(Oc1c(-c2ccc(C(C)(C)C)cc2)oc2ccccc2c1=O)C(=O)Nc1nc2ccc(Cl)cc2s1. The molecule has 8 heteroatoms. The van der Waals surface area contributed by atoms with Crippen molar-refractivity contribution in [3.63, 3.8) is 0 Å². The fourth-order valence-corrected chi connectivity index (χ4v) is 5.29. The molecule has 194 valence electrons. The van der Waals surface area contributed by atoms with Crippen molar-refractivity contribution in [3.05, 3.63) is 87.5 Å². The lowest BCUT2D eigenvalue weighted by Crippen LogP contribution is -2.34. The monoisotopic (exact) mass is 546 g/mol. The Morgan fingerprint density at radius 2 is 1.84 bits per heavy atom. The van der Waals surface area contributed by atoms with Crippen molar-refractivity contribution in [2.45, 2.75) is 45.6 Å². The number of fused-ring (bicyclic) bond motifs is 2. The average molecular weight is 547 g/mol. The summed E-state index contributed by atoms with van der Waals surface area (Å²) in [5.74, 6) is -0.112. The van der Waals surface area contributed by atoms with Gasteiger partial charge in [0, 0.05) is 10.6 Å². The van der Waals surface area contributed by atoms with Gasteiger partial charge in [-0.3, -0.25) is 14.9 Å². The number of para-hydroxylation sites is 1. The molecule has 0 radical (unpaired) electrons. The van der Waals surface area contributed by atoms with E-state index in [1.807, 2.05) is 37.3 Å². The maximum atomic E-state index is 13.6. The molecule has 0 fully saturated rings. The zero-order valence-electron chi connectivity index (χ0n) is 21.5. The highest BCUT2D eigenvalue weighted by atomic mass is 35.5. The number of thiazole rings is 1. The number of halogens is 1. The minimum absolute atomic E-state index is 0.00490. The molecule has 0 aliphatic carbocycles. The van der Waals surface area contributed by atoms with Crippen molar-refractivity contribution in [1.82, 2.24) is 4.98 Å². The Balaban J connectivity index is 1.51. The Bertz CT molecular complexity index is 1700. The molecule has 0 spiro atoms. The highest BCUT2D eigenvalue weighted by Crippen LogP contribution is 2.34. The second kappa shape index (κ2) is 10.2. The van der Waals surface area contributed by atoms with Gasteiger partial charge in [-0.25, -0.2) is 4.98 Å². The molecule has 1 atom stereocenters. The largest absolute Gasteiger partial charge is 0.473 e. The third-order valence-electron chi connectivity index (χ3n) is 6.27. The molecule has 1 amide bonds. The summed E-state index contributed by atoms with van der Waals surface area (Å²) < 4.78 is 13.2. The Kier molecular flexibility index (Phi) is 6.99. The number of hydrogen-bond acceptors (Lipinski definition) is 6. The van der Waals surface area contributed by atoms with Crippen LogP contribution in [0.5, 0.6) is 5.75 Å². The van der Waals surface area contributed by atoms with E-state index in [1.54, 1.807) is 36.4 Å². The number of hydrogen-bond donors (Lipinski definition) is 1. The molecule has 1 unspecified atom stereocenters. The molecule has 0 aliphatic rings. The molecular weight excluding hydrogens is 520 g/mol. The summed E-state index contributed by atoms with van der Waals surface area (Å²) in [6.07, 6.45) is -0.612. The number of carbonyl (C=O) groups is 1. The summed E-state index contributed by atoms with van der Waals surface area (Å²) in [7, 11) is 0. The van der Waals surface area contributed by atoms with Gasteiger partial charge in [0.25, 0.3) is 5.91 Å². The Labute approximate surface area is 229 Å². The number of aromatic nitrogens is 1. The van der Waals surface area contributed by atoms with Crippen molar-refractivity contribution >= 4 is 55.2 Å². The van der Waals surface area contributed by atoms with Gasteiger partial charge in [0.15, 0.2) is 17.0 Å². The molecule has 0 aliphatic heterocycles. The van der Waals surface area contributed by atoms with Crippen LogP contribution in [0.4, 0.5) is 5.13 Å². The number of nitrogens with one attached hydrogen (secondary N) is 1. The van der Waals surface area contributed by atoms with Crippen molar-refractivity contribution < 1.29 is 13.9 Å². The minimum atomic E-state index is -0.942. The predicted octanol–water partition coefficient (Wildman–Crippen LogP) is 7.82. The number of benzene rings is 3. The quantitative estimate of drug-likeness (QED) is 0.235. The van der Waals surface area contributed by atoms with Crippen molar-refractivity contribution in [1.29, 1.82) is 0 Å². The standard InChI is InChI=1S/C30H27ClN2O4S/c1-5-22(28(35)33-29-32-21-15-14-19(31)16-24(21)38-29)36-27-25(34)20-8-6-7-9-23(20)37-26(27)17-10-12-18(13-11-17)30(2,3)4/h6-16,22H,5H2,1-4H3,(H,32,33,35). The molecule has 3 aromatic carbocycles. The maximum absolute atomic E-state index is 13.6. The van der Waals surface area contributed by atoms with Crippen LogP contribution >= 0.6 is 22.9 Å². The van der Waals surface area contributed by atoms with Crippen LogP contribution in [0, 0.1) is 0 Å². The zero-order chi connectivity index (χ0) is 27.0. The number of amides is 1. The maximum Gasteiger partial charge on any atom is 0.267 e. The molecule has 0 saturated heterocycles. The van der Waals surface area contributed by atoms with Crippen LogP contribution in [0.25, 0.3) is 32.5 Å². The first-order valence-corrected chi connectivity index (χ1v) is 13.5. The van der Waals surface area contributed by atoms with E-state index in [-0.39, 0.29) is 22.4 Å². The third-order valence-corrected chi connectivity index (χ3v) is 7.44. The molecule has 5 rings (SSSR count). The summed E-state index contributed by atoms with van der Waals surface area (Å²) in [5.41, 5.74) is 2.66. The Hall–Kier alpha value is -3.68. The van der Waals surface area contributed by atoms with E-state index >= 15 is 0 Å². The second-order valence-electron chi connectivity index (χ2n) is 10.0. The highest BCUT2D eigenvalue weighted by Gasteiger charge is 2.26. The fourth-order valence-electron chi connectivity index (χ4n) is 4.15. The van der Waals surface area contributed by atoms with Crippen LogP contribution in [-0.2, 0) is 10.2 Å². The van der Waals surface area contributed by atoms with Crippen LogP contribution in [0.3, 0.4) is 0 Å². The lowest BCUT2D eigenvalue weighted by Gasteiger charge is -2.20. The van der Waals surface area contributed by atoms with E-state index in [2.05, 4.69) is 31.1 Å². The van der Waals surface area contributed by atoms with Gasteiger partial charge in [-0.15, -0.1) is 0 Å². The van der Waals surface area contributed by atoms with Gasteiger partial charge in [-0.2, -0.15) is 0 Å². The van der Waals surface area contributed by atoms with Crippen molar-refractivity contribution in [2.75, 3.05) is 5.32 Å². The first-order valence-electron chi connectivity index (χ1n) is 12.3. The van der Waals surface area contributed by atoms with Crippen LogP contribution in [0.1, 0.15) is 39.7 Å². The minimum Gasteiger partial charge on any atom is -0.473 e. The van der Waals surface area contributed by atoms with Gasteiger partial charge in [0.05, 0.1) is 15.6 Å². The van der Waals surface area contributed by atoms with Crippen molar-refractivity contribution in [3.8, 4) is 17.1 Å². The van der Waals surface area contributed by atoms with E-state index in [9.17, 15) is 9.59 Å². The summed E-state index contributed by atoms with van der Waals surface area (Å²) in [6, 6.07) is 20.2. The second-order valence-corrected chi connectivity index (χ2v) is 11.5. The third kappa shape index (κ3) is 5.17. The van der Waals surface area contributed by atoms with Crippen LogP contribution in [0.15, 0.2) is 75.9 Å². The number of rotatable bonds is 6. The summed E-state index contributed by atoms with van der Waals surface area (Å²) in [4.78, 5) is 31.3. The number of nitrogens with zero attached hydrogens (tertiary/aromatic N) is 1. The smallest absolute Gasteiger partial charge is 0.267 e. The molecule has 0 saturated carbocycles. The summed E-state index contributed by atoms with van der Waals surface area (Å²) in [6.45, 7) is 8.23. The van der Waals surface area contributed by atoms with E-state index in [0.29, 0.717) is 33.1 Å². The zero-order valence-corrected chi connectivity index (χ0v) is 23.1. The molecule has 2 aromatic heterocycles. The van der Waals surface area contributed by atoms with Gasteiger partial charge >= 0.3 is 0 Å². The normalized spacial score (nSPS) is 12.6. The number of carbonyl (C=O) groups excluding carboxylic acids is 1. The topological polar surface area (TPSA) is 81.4 Å². The van der Waals surface area contributed by atoms with E-state index in [1.165, 1.54) is 11.3 Å². The van der Waals surface area contributed by atoms with E-state index < -0.39 is 12.0 Å². The van der Waals surface area contributed by atoms with Gasteiger partial charge in [0.1, 0.15) is 5.58 Å². The first-order chi connectivity index (χ1) is 18.1. The molecular formula is C30H27ClN2O4S. The molecule has 38 heavy (non-hydrogen) atoms. The fraction of sp³-hybridized carbons (Fsp3) is 0.233. The van der Waals surface area contributed by atoms with Crippen LogP contribution in [0.2, 0.25) is 5.02 Å². The first kappa shape index (κ1) is 25.9. The average Bonchev–Trinajstić information content (AvgIpc) is 3.28. The highest BCUT2D eigenvalue weighted by molar-refractivity contribution is 7.22.